The van der Waals surface area contributed by atoms with Crippen molar-refractivity contribution < 1.29 is 29.7 Å². The number of hydrogen-bond donors (Lipinski definition) is 3. The fourth-order valence-electron chi connectivity index (χ4n) is 1.18. The highest BCUT2D eigenvalue weighted by Gasteiger charge is 2.19. The van der Waals surface area contributed by atoms with E-state index >= 15 is 0 Å². The van der Waals surface area contributed by atoms with Crippen molar-refractivity contribution >= 4 is 17.9 Å². The highest BCUT2D eigenvalue weighted by atomic mass is 16.4. The van der Waals surface area contributed by atoms with Crippen LogP contribution in [0.25, 0.3) is 0 Å². The van der Waals surface area contributed by atoms with Crippen molar-refractivity contribution in [1.29, 1.82) is 0 Å². The lowest BCUT2D eigenvalue weighted by Gasteiger charge is -2.06. The van der Waals surface area contributed by atoms with Crippen LogP contribution in [0.4, 0.5) is 0 Å². The van der Waals surface area contributed by atoms with Gasteiger partial charge in [0.05, 0.1) is 16.7 Å². The van der Waals surface area contributed by atoms with Crippen LogP contribution in [0.15, 0.2) is 12.1 Å². The summed E-state index contributed by atoms with van der Waals surface area (Å²) < 4.78 is 0. The van der Waals surface area contributed by atoms with Crippen LogP contribution >= 0.6 is 0 Å². The first-order valence-corrected chi connectivity index (χ1v) is 4.04. The maximum atomic E-state index is 10.7. The smallest absolute Gasteiger partial charge is 0.336 e. The van der Waals surface area contributed by atoms with Gasteiger partial charge >= 0.3 is 17.9 Å². The zero-order chi connectivity index (χ0) is 12.5. The molecule has 0 atom stereocenters. The lowest BCUT2D eigenvalue weighted by molar-refractivity contribution is 0.0695. The Morgan fingerprint density at radius 3 is 1.50 bits per heavy atom. The number of rotatable bonds is 3. The Morgan fingerprint density at radius 2 is 1.25 bits per heavy atom. The van der Waals surface area contributed by atoms with Crippen molar-refractivity contribution in [2.75, 3.05) is 0 Å². The van der Waals surface area contributed by atoms with E-state index in [9.17, 15) is 14.4 Å². The molecule has 1 rings (SSSR count). The molecule has 0 spiro atoms. The average molecular weight is 223 g/mol. The van der Waals surface area contributed by atoms with Crippen LogP contribution in [0.2, 0.25) is 0 Å². The summed E-state index contributed by atoms with van der Waals surface area (Å²) in [4.78, 5) is 32.1. The summed E-state index contributed by atoms with van der Waals surface area (Å²) >= 11 is 0. The van der Waals surface area contributed by atoms with Gasteiger partial charge in [-0.2, -0.15) is 0 Å². The molecule has 0 fully saturated rings. The minimum atomic E-state index is -1.42. The fraction of sp³-hybridized carbons (Fsp3) is 0. The number of carbonyl (C=O) groups is 3. The van der Waals surface area contributed by atoms with Crippen molar-refractivity contribution in [3.05, 3.63) is 41.3 Å². The molecule has 83 valence electrons. The van der Waals surface area contributed by atoms with Gasteiger partial charge in [0.15, 0.2) is 0 Å². The molecule has 0 aliphatic carbocycles. The molecule has 0 aliphatic rings. The normalized spacial score (nSPS) is 9.81. The lowest BCUT2D eigenvalue weighted by Crippen LogP contribution is -2.10. The second-order valence-corrected chi connectivity index (χ2v) is 2.97. The molecule has 0 bridgehead atoms. The summed E-state index contributed by atoms with van der Waals surface area (Å²) in [7, 11) is 0. The Bertz CT molecular complexity index is 453. The molecular formula is C10H7O6. The van der Waals surface area contributed by atoms with Gasteiger partial charge in [-0.05, 0) is 24.6 Å². The van der Waals surface area contributed by atoms with Gasteiger partial charge < -0.3 is 15.3 Å². The molecule has 6 nitrogen and oxygen atoms in total. The molecule has 1 radical (unpaired) electrons. The van der Waals surface area contributed by atoms with Gasteiger partial charge in [0.1, 0.15) is 0 Å². The first-order valence-electron chi connectivity index (χ1n) is 4.04. The zero-order valence-electron chi connectivity index (χ0n) is 7.93. The molecule has 16 heavy (non-hydrogen) atoms. The number of benzene rings is 1. The highest BCUT2D eigenvalue weighted by Crippen LogP contribution is 2.17. The molecular weight excluding hydrogens is 216 g/mol. The minimum absolute atomic E-state index is 0.218. The van der Waals surface area contributed by atoms with E-state index in [1.807, 2.05) is 0 Å². The highest BCUT2D eigenvalue weighted by molar-refractivity contribution is 6.01. The van der Waals surface area contributed by atoms with Crippen LogP contribution in [-0.2, 0) is 0 Å². The summed E-state index contributed by atoms with van der Waals surface area (Å²) in [6.45, 7) is 3.31. The lowest BCUT2D eigenvalue weighted by atomic mass is 9.98. The van der Waals surface area contributed by atoms with Crippen molar-refractivity contribution in [3.8, 4) is 0 Å². The van der Waals surface area contributed by atoms with E-state index in [0.717, 1.165) is 12.1 Å². The van der Waals surface area contributed by atoms with E-state index in [2.05, 4.69) is 6.92 Å². The predicted octanol–water partition coefficient (Wildman–Crippen LogP) is 0.963. The largest absolute Gasteiger partial charge is 0.478 e. The third-order valence-corrected chi connectivity index (χ3v) is 1.96. The van der Waals surface area contributed by atoms with Crippen LogP contribution < -0.4 is 0 Å². The summed E-state index contributed by atoms with van der Waals surface area (Å²) in [5, 5.41) is 26.2. The summed E-state index contributed by atoms with van der Waals surface area (Å²) in [5.41, 5.74) is -1.48. The van der Waals surface area contributed by atoms with Gasteiger partial charge in [0.2, 0.25) is 0 Å². The quantitative estimate of drug-likeness (QED) is 0.703. The molecule has 3 N–H and O–H groups in total. The number of aromatic carboxylic acids is 3. The number of carboxylic acids is 3. The molecule has 0 saturated heterocycles. The van der Waals surface area contributed by atoms with E-state index in [0.29, 0.717) is 0 Å². The maximum absolute atomic E-state index is 10.7. The van der Waals surface area contributed by atoms with Crippen molar-refractivity contribution in [2.45, 2.75) is 0 Å². The molecule has 0 saturated carbocycles. The Hall–Kier alpha value is -2.37. The summed E-state index contributed by atoms with van der Waals surface area (Å²) in [6.07, 6.45) is 0. The average Bonchev–Trinajstić information content (AvgIpc) is 2.16. The van der Waals surface area contributed by atoms with Crippen molar-refractivity contribution in [2.24, 2.45) is 0 Å². The van der Waals surface area contributed by atoms with Crippen LogP contribution in [-0.4, -0.2) is 33.2 Å². The van der Waals surface area contributed by atoms with E-state index in [4.69, 9.17) is 15.3 Å². The summed E-state index contributed by atoms with van der Waals surface area (Å²) in [6, 6.07) is 1.75. The predicted molar refractivity (Wildman–Crippen MR) is 51.8 cm³/mol. The SMILES string of the molecule is [CH2]c1c(C(=O)O)cc(C(=O)O)cc1C(=O)O. The standard InChI is InChI=1S/C10H7O6/c1-4-6(9(13)14)2-5(8(11)12)3-7(4)10(15)16/h2-3H,1H2,(H,11,12)(H,13,14)(H,15,16). The van der Waals surface area contributed by atoms with Gasteiger partial charge in [-0.3, -0.25) is 0 Å². The topological polar surface area (TPSA) is 112 Å². The van der Waals surface area contributed by atoms with Gasteiger partial charge in [-0.15, -0.1) is 0 Å². The second kappa shape index (κ2) is 4.01. The Labute approximate surface area is 89.8 Å². The monoisotopic (exact) mass is 223 g/mol. The van der Waals surface area contributed by atoms with Crippen molar-refractivity contribution in [1.82, 2.24) is 0 Å². The first-order chi connectivity index (χ1) is 7.34. The van der Waals surface area contributed by atoms with E-state index in [1.165, 1.54) is 0 Å². The van der Waals surface area contributed by atoms with Crippen LogP contribution in [0.1, 0.15) is 36.6 Å². The van der Waals surface area contributed by atoms with E-state index < -0.39 is 34.6 Å². The van der Waals surface area contributed by atoms with Crippen LogP contribution in [0, 0.1) is 6.92 Å². The van der Waals surface area contributed by atoms with Gasteiger partial charge in [0.25, 0.3) is 0 Å². The summed E-state index contributed by atoms with van der Waals surface area (Å²) in [5.74, 6) is -4.24. The van der Waals surface area contributed by atoms with Crippen LogP contribution in [0.5, 0.6) is 0 Å². The van der Waals surface area contributed by atoms with E-state index in [-0.39, 0.29) is 5.56 Å². The van der Waals surface area contributed by atoms with Gasteiger partial charge in [-0.1, -0.05) is 0 Å². The molecule has 1 aromatic carbocycles. The fourth-order valence-corrected chi connectivity index (χ4v) is 1.18. The molecule has 6 heteroatoms. The Morgan fingerprint density at radius 1 is 0.875 bits per heavy atom. The molecule has 0 unspecified atom stereocenters. The molecule has 1 aromatic rings. The molecule has 0 amide bonds. The van der Waals surface area contributed by atoms with Crippen LogP contribution in [0.3, 0.4) is 0 Å². The van der Waals surface area contributed by atoms with E-state index in [1.54, 1.807) is 0 Å². The van der Waals surface area contributed by atoms with Crippen molar-refractivity contribution in [3.63, 3.8) is 0 Å². The second-order valence-electron chi connectivity index (χ2n) is 2.97. The third-order valence-electron chi connectivity index (χ3n) is 1.96. The Kier molecular flexibility index (Phi) is 2.94. The van der Waals surface area contributed by atoms with Gasteiger partial charge in [0, 0.05) is 0 Å². The Balaban J connectivity index is 3.57. The zero-order valence-corrected chi connectivity index (χ0v) is 7.93. The minimum Gasteiger partial charge on any atom is -0.478 e. The van der Waals surface area contributed by atoms with Gasteiger partial charge in [-0.25, -0.2) is 14.4 Å². The first kappa shape index (κ1) is 11.7. The number of hydrogen-bond acceptors (Lipinski definition) is 3. The third kappa shape index (κ3) is 2.00. The number of carboxylic acid groups (broad SMARTS) is 3. The molecule has 0 aliphatic heterocycles. The molecule has 0 aromatic heterocycles. The molecule has 0 heterocycles. The maximum Gasteiger partial charge on any atom is 0.336 e.